The third-order valence-electron chi connectivity index (χ3n) is 3.39. The molecule has 0 spiro atoms. The summed E-state index contributed by atoms with van der Waals surface area (Å²) >= 11 is 3.44. The van der Waals surface area contributed by atoms with Gasteiger partial charge in [0.25, 0.3) is 0 Å². The van der Waals surface area contributed by atoms with Gasteiger partial charge in [0.1, 0.15) is 0 Å². The van der Waals surface area contributed by atoms with Gasteiger partial charge in [0.15, 0.2) is 0 Å². The van der Waals surface area contributed by atoms with E-state index in [2.05, 4.69) is 73.2 Å². The van der Waals surface area contributed by atoms with Crippen LogP contribution in [0.25, 0.3) is 0 Å². The van der Waals surface area contributed by atoms with Gasteiger partial charge in [-0.1, -0.05) is 55.8 Å². The van der Waals surface area contributed by atoms with Crippen molar-refractivity contribution in [3.8, 4) is 0 Å². The van der Waals surface area contributed by atoms with Crippen LogP contribution in [0.1, 0.15) is 33.3 Å². The molecule has 0 atom stereocenters. The molecule has 0 radical (unpaired) electrons. The average molecular weight is 284 g/mol. The molecule has 0 saturated heterocycles. The normalized spacial score (nSPS) is 12.1. The molecule has 0 aliphatic heterocycles. The van der Waals surface area contributed by atoms with Crippen molar-refractivity contribution in [1.29, 1.82) is 0 Å². The largest absolute Gasteiger partial charge is 0.312 e. The Morgan fingerprint density at radius 3 is 2.25 bits per heavy atom. The molecule has 0 bridgehead atoms. The first kappa shape index (κ1) is 13.7. The van der Waals surface area contributed by atoms with Crippen molar-refractivity contribution >= 4 is 15.9 Å². The third-order valence-corrected chi connectivity index (χ3v) is 3.91. The van der Waals surface area contributed by atoms with Crippen LogP contribution in [0.5, 0.6) is 0 Å². The summed E-state index contributed by atoms with van der Waals surface area (Å²) in [5.74, 6) is 0.699. The Labute approximate surface area is 108 Å². The van der Waals surface area contributed by atoms with E-state index in [9.17, 15) is 0 Å². The molecule has 0 heterocycles. The standard InChI is InChI=1S/C14H22BrN/c1-11(2)14(3,4)10-16-9-12-5-7-13(15)8-6-12/h5-8,11,16H,9-10H2,1-4H3. The van der Waals surface area contributed by atoms with Crippen LogP contribution >= 0.6 is 15.9 Å². The van der Waals surface area contributed by atoms with E-state index in [1.165, 1.54) is 5.56 Å². The summed E-state index contributed by atoms with van der Waals surface area (Å²) in [7, 11) is 0. The predicted octanol–water partition coefficient (Wildman–Crippen LogP) is 4.22. The first-order valence-electron chi connectivity index (χ1n) is 5.87. The lowest BCUT2D eigenvalue weighted by Gasteiger charge is -2.29. The fourth-order valence-corrected chi connectivity index (χ4v) is 1.60. The number of nitrogens with one attached hydrogen (secondary N) is 1. The number of hydrogen-bond donors (Lipinski definition) is 1. The van der Waals surface area contributed by atoms with E-state index in [-0.39, 0.29) is 0 Å². The Morgan fingerprint density at radius 2 is 1.75 bits per heavy atom. The maximum absolute atomic E-state index is 3.53. The smallest absolute Gasteiger partial charge is 0.0205 e. The minimum absolute atomic E-state index is 0.357. The molecule has 2 heteroatoms. The van der Waals surface area contributed by atoms with Gasteiger partial charge in [-0.3, -0.25) is 0 Å². The van der Waals surface area contributed by atoms with Crippen molar-refractivity contribution in [3.63, 3.8) is 0 Å². The lowest BCUT2D eigenvalue weighted by atomic mass is 9.81. The summed E-state index contributed by atoms with van der Waals surface area (Å²) in [6, 6.07) is 8.48. The Balaban J connectivity index is 2.39. The molecule has 1 N–H and O–H groups in total. The van der Waals surface area contributed by atoms with Crippen molar-refractivity contribution < 1.29 is 0 Å². The zero-order valence-corrected chi connectivity index (χ0v) is 12.3. The Bertz CT molecular complexity index is 314. The van der Waals surface area contributed by atoms with Gasteiger partial charge < -0.3 is 5.32 Å². The number of benzene rings is 1. The van der Waals surface area contributed by atoms with Gasteiger partial charge in [0.2, 0.25) is 0 Å². The molecule has 16 heavy (non-hydrogen) atoms. The van der Waals surface area contributed by atoms with Crippen molar-refractivity contribution in [2.45, 2.75) is 34.2 Å². The molecule has 0 aliphatic rings. The second-order valence-electron chi connectivity index (χ2n) is 5.37. The molecule has 1 rings (SSSR count). The number of hydrogen-bond acceptors (Lipinski definition) is 1. The van der Waals surface area contributed by atoms with Crippen molar-refractivity contribution in [3.05, 3.63) is 34.3 Å². The summed E-state index contributed by atoms with van der Waals surface area (Å²) in [6.45, 7) is 11.2. The van der Waals surface area contributed by atoms with Gasteiger partial charge in [-0.15, -0.1) is 0 Å². The molecule has 1 nitrogen and oxygen atoms in total. The molecule has 1 aromatic carbocycles. The van der Waals surface area contributed by atoms with E-state index in [1.54, 1.807) is 0 Å². The van der Waals surface area contributed by atoms with Crippen molar-refractivity contribution in [2.24, 2.45) is 11.3 Å². The Hall–Kier alpha value is -0.340. The third kappa shape index (κ3) is 4.26. The quantitative estimate of drug-likeness (QED) is 0.853. The molecule has 0 amide bonds. The summed E-state index contributed by atoms with van der Waals surface area (Å²) in [5, 5.41) is 3.53. The van der Waals surface area contributed by atoms with Gasteiger partial charge in [-0.25, -0.2) is 0 Å². The zero-order chi connectivity index (χ0) is 12.2. The maximum atomic E-state index is 3.53. The first-order valence-corrected chi connectivity index (χ1v) is 6.66. The van der Waals surface area contributed by atoms with Gasteiger partial charge in [0.05, 0.1) is 0 Å². The second kappa shape index (κ2) is 5.83. The molecule has 0 aromatic heterocycles. The molecule has 0 saturated carbocycles. The van der Waals surface area contributed by atoms with Crippen LogP contribution in [0.15, 0.2) is 28.7 Å². The maximum Gasteiger partial charge on any atom is 0.0205 e. The second-order valence-corrected chi connectivity index (χ2v) is 6.29. The molecule has 0 unspecified atom stereocenters. The predicted molar refractivity (Wildman–Crippen MR) is 74.5 cm³/mol. The topological polar surface area (TPSA) is 12.0 Å². The highest BCUT2D eigenvalue weighted by Gasteiger charge is 2.21. The van der Waals surface area contributed by atoms with Crippen molar-refractivity contribution in [2.75, 3.05) is 6.54 Å². The highest BCUT2D eigenvalue weighted by molar-refractivity contribution is 9.10. The SMILES string of the molecule is CC(C)C(C)(C)CNCc1ccc(Br)cc1. The lowest BCUT2D eigenvalue weighted by Crippen LogP contribution is -2.33. The van der Waals surface area contributed by atoms with Crippen LogP contribution in [-0.4, -0.2) is 6.54 Å². The summed E-state index contributed by atoms with van der Waals surface area (Å²) in [4.78, 5) is 0. The summed E-state index contributed by atoms with van der Waals surface area (Å²) in [6.07, 6.45) is 0. The molecule has 0 fully saturated rings. The fourth-order valence-electron chi connectivity index (χ4n) is 1.34. The van der Waals surface area contributed by atoms with Crippen LogP contribution in [0, 0.1) is 11.3 Å². The first-order chi connectivity index (χ1) is 7.42. The van der Waals surface area contributed by atoms with E-state index in [0.29, 0.717) is 11.3 Å². The molecule has 1 aromatic rings. The highest BCUT2D eigenvalue weighted by Crippen LogP contribution is 2.24. The highest BCUT2D eigenvalue weighted by atomic mass is 79.9. The van der Waals surface area contributed by atoms with Crippen molar-refractivity contribution in [1.82, 2.24) is 5.32 Å². The Morgan fingerprint density at radius 1 is 1.19 bits per heavy atom. The van der Waals surface area contributed by atoms with Gasteiger partial charge in [-0.05, 0) is 29.0 Å². The van der Waals surface area contributed by atoms with Gasteiger partial charge in [0, 0.05) is 17.6 Å². The number of halogens is 1. The lowest BCUT2D eigenvalue weighted by molar-refractivity contribution is 0.238. The average Bonchev–Trinajstić information content (AvgIpc) is 2.20. The van der Waals surface area contributed by atoms with E-state index in [1.807, 2.05) is 0 Å². The minimum Gasteiger partial charge on any atom is -0.312 e. The summed E-state index contributed by atoms with van der Waals surface area (Å²) in [5.41, 5.74) is 1.69. The molecule has 90 valence electrons. The zero-order valence-electron chi connectivity index (χ0n) is 10.7. The number of rotatable bonds is 5. The van der Waals surface area contributed by atoms with Crippen LogP contribution in [0.4, 0.5) is 0 Å². The molecular weight excluding hydrogens is 262 g/mol. The van der Waals surface area contributed by atoms with E-state index in [4.69, 9.17) is 0 Å². The van der Waals surface area contributed by atoms with Crippen LogP contribution in [-0.2, 0) is 6.54 Å². The molecular formula is C14H22BrN. The van der Waals surface area contributed by atoms with E-state index in [0.717, 1.165) is 17.6 Å². The molecule has 0 aliphatic carbocycles. The van der Waals surface area contributed by atoms with Crippen LogP contribution in [0.2, 0.25) is 0 Å². The van der Waals surface area contributed by atoms with Gasteiger partial charge >= 0.3 is 0 Å². The van der Waals surface area contributed by atoms with E-state index < -0.39 is 0 Å². The minimum atomic E-state index is 0.357. The summed E-state index contributed by atoms with van der Waals surface area (Å²) < 4.78 is 1.14. The van der Waals surface area contributed by atoms with E-state index >= 15 is 0 Å². The fraction of sp³-hybridized carbons (Fsp3) is 0.571. The van der Waals surface area contributed by atoms with Crippen LogP contribution in [0.3, 0.4) is 0 Å². The monoisotopic (exact) mass is 283 g/mol. The Kier molecular flexibility index (Phi) is 5.00. The van der Waals surface area contributed by atoms with Gasteiger partial charge in [-0.2, -0.15) is 0 Å². The van der Waals surface area contributed by atoms with Crippen LogP contribution < -0.4 is 5.32 Å².